The molecule has 15 heavy (non-hydrogen) atoms. The summed E-state index contributed by atoms with van der Waals surface area (Å²) in [4.78, 5) is 2.40. The lowest BCUT2D eigenvalue weighted by atomic mass is 10.3. The van der Waals surface area contributed by atoms with Crippen LogP contribution in [-0.4, -0.2) is 11.1 Å². The molecule has 1 aromatic rings. The van der Waals surface area contributed by atoms with Gasteiger partial charge >= 0.3 is 0 Å². The molecule has 0 aliphatic rings. The zero-order valence-corrected chi connectivity index (χ0v) is 8.15. The van der Waals surface area contributed by atoms with Gasteiger partial charge in [-0.05, 0) is 13.3 Å². The normalized spacial score (nSPS) is 12.7. The first-order valence-electron chi connectivity index (χ1n) is 4.34. The molecule has 0 aliphatic carbocycles. The third-order valence-corrected chi connectivity index (χ3v) is 1.85. The molecule has 1 atom stereocenters. The molecule has 84 valence electrons. The van der Waals surface area contributed by atoms with Gasteiger partial charge in [0.05, 0.1) is 6.10 Å². The quantitative estimate of drug-likeness (QED) is 0.580. The molecule has 0 bridgehead atoms. The van der Waals surface area contributed by atoms with E-state index in [9.17, 15) is 17.6 Å². The van der Waals surface area contributed by atoms with E-state index in [1.807, 2.05) is 0 Å². The maximum absolute atomic E-state index is 13.0. The fourth-order valence-corrected chi connectivity index (χ4v) is 0.856. The fraction of sp³-hybridized carbons (Fsp3) is 0.444. The Morgan fingerprint density at radius 1 is 1.13 bits per heavy atom. The largest absolute Gasteiger partial charge is 0.484 e. The summed E-state index contributed by atoms with van der Waals surface area (Å²) < 4.78 is 55.9. The maximum atomic E-state index is 13.0. The lowest BCUT2D eigenvalue weighted by Gasteiger charge is -2.13. The minimum absolute atomic E-state index is 0.449. The second kappa shape index (κ2) is 4.46. The number of nitrogens with zero attached hydrogens (tertiary/aromatic N) is 1. The number of halogens is 4. The summed E-state index contributed by atoms with van der Waals surface area (Å²) in [6, 6.07) is 0. The number of hydrogen-bond donors (Lipinski definition) is 0. The molecule has 0 N–H and O–H groups in total. The molecule has 1 heterocycles. The van der Waals surface area contributed by atoms with Crippen molar-refractivity contribution in [2.45, 2.75) is 26.4 Å². The summed E-state index contributed by atoms with van der Waals surface area (Å²) in [5.41, 5.74) is 0. The Bertz CT molecular complexity index is 343. The van der Waals surface area contributed by atoms with Gasteiger partial charge in [-0.25, -0.2) is 0 Å². The van der Waals surface area contributed by atoms with Gasteiger partial charge in [0, 0.05) is 0 Å². The van der Waals surface area contributed by atoms with Crippen LogP contribution in [0.4, 0.5) is 17.6 Å². The van der Waals surface area contributed by atoms with Crippen molar-refractivity contribution < 1.29 is 22.3 Å². The number of rotatable bonds is 3. The first-order chi connectivity index (χ1) is 6.97. The summed E-state index contributed by atoms with van der Waals surface area (Å²) in [6.07, 6.45) is -0.0973. The van der Waals surface area contributed by atoms with Gasteiger partial charge in [-0.3, -0.25) is 0 Å². The van der Waals surface area contributed by atoms with E-state index in [0.717, 1.165) is 0 Å². The molecule has 6 heteroatoms. The smallest absolute Gasteiger partial charge is 0.255 e. The van der Waals surface area contributed by atoms with Crippen LogP contribution in [0.25, 0.3) is 0 Å². The molecule has 1 aromatic heterocycles. The molecule has 0 saturated carbocycles. The lowest BCUT2D eigenvalue weighted by molar-refractivity contribution is 0.188. The van der Waals surface area contributed by atoms with Crippen molar-refractivity contribution in [2.24, 2.45) is 0 Å². The van der Waals surface area contributed by atoms with Crippen molar-refractivity contribution in [3.05, 3.63) is 23.5 Å². The van der Waals surface area contributed by atoms with Gasteiger partial charge < -0.3 is 4.74 Å². The van der Waals surface area contributed by atoms with Crippen LogP contribution < -0.4 is 4.74 Å². The minimum atomic E-state index is -1.72. The monoisotopic (exact) mass is 223 g/mol. The van der Waals surface area contributed by atoms with E-state index >= 15 is 0 Å². The molecule has 1 rings (SSSR count). The van der Waals surface area contributed by atoms with Crippen LogP contribution in [0.3, 0.4) is 0 Å². The Labute approximate surface area is 83.9 Å². The van der Waals surface area contributed by atoms with Gasteiger partial charge in [-0.15, -0.1) is 0 Å². The fourth-order valence-electron chi connectivity index (χ4n) is 0.856. The highest BCUT2D eigenvalue weighted by molar-refractivity contribution is 5.24. The van der Waals surface area contributed by atoms with Gasteiger partial charge in [0.25, 0.3) is 11.9 Å². The second-order valence-electron chi connectivity index (χ2n) is 2.99. The van der Waals surface area contributed by atoms with E-state index in [4.69, 9.17) is 4.74 Å². The summed E-state index contributed by atoms with van der Waals surface area (Å²) in [5.74, 6) is -7.72. The number of hydrogen-bond acceptors (Lipinski definition) is 2. The average molecular weight is 223 g/mol. The summed E-state index contributed by atoms with van der Waals surface area (Å²) >= 11 is 0. The van der Waals surface area contributed by atoms with Crippen molar-refractivity contribution in [3.8, 4) is 5.75 Å². The first kappa shape index (κ1) is 11.7. The number of pyridine rings is 1. The molecule has 1 unspecified atom stereocenters. The van der Waals surface area contributed by atoms with E-state index in [1.165, 1.54) is 6.92 Å². The standard InChI is InChI=1S/C9H9F4NO/c1-3-4(2)15-7-5(10)8(12)14-9(13)6(7)11/h4H,3H2,1-2H3. The predicted octanol–water partition coefficient (Wildman–Crippen LogP) is 2.82. The van der Waals surface area contributed by atoms with Crippen LogP contribution in [0, 0.1) is 23.5 Å². The highest BCUT2D eigenvalue weighted by atomic mass is 19.2. The summed E-state index contributed by atoms with van der Waals surface area (Å²) in [6.45, 7) is 3.23. The van der Waals surface area contributed by atoms with Gasteiger partial charge in [0.2, 0.25) is 17.4 Å². The van der Waals surface area contributed by atoms with E-state index in [-0.39, 0.29) is 0 Å². The minimum Gasteiger partial charge on any atom is -0.484 e. The van der Waals surface area contributed by atoms with Crippen LogP contribution >= 0.6 is 0 Å². The summed E-state index contributed by atoms with van der Waals surface area (Å²) in [5, 5.41) is 0. The van der Waals surface area contributed by atoms with Gasteiger partial charge in [0.15, 0.2) is 0 Å². The van der Waals surface area contributed by atoms with E-state index in [2.05, 4.69) is 4.98 Å². The van der Waals surface area contributed by atoms with Crippen LogP contribution in [0.15, 0.2) is 0 Å². The van der Waals surface area contributed by atoms with Gasteiger partial charge in [-0.2, -0.15) is 22.5 Å². The number of aromatic nitrogens is 1. The van der Waals surface area contributed by atoms with Crippen molar-refractivity contribution in [3.63, 3.8) is 0 Å². The molecule has 0 saturated heterocycles. The molecule has 0 amide bonds. The first-order valence-corrected chi connectivity index (χ1v) is 4.34. The molecular formula is C9H9F4NO. The van der Waals surface area contributed by atoms with E-state index in [0.29, 0.717) is 6.42 Å². The molecule has 0 spiro atoms. The van der Waals surface area contributed by atoms with Crippen LogP contribution in [0.5, 0.6) is 5.75 Å². The SMILES string of the molecule is CCC(C)Oc1c(F)c(F)nc(F)c1F. The van der Waals surface area contributed by atoms with Gasteiger partial charge in [-0.1, -0.05) is 6.92 Å². The molecular weight excluding hydrogens is 214 g/mol. The predicted molar refractivity (Wildman–Crippen MR) is 44.5 cm³/mol. The maximum Gasteiger partial charge on any atom is 0.255 e. The Hall–Kier alpha value is -1.33. The van der Waals surface area contributed by atoms with Crippen LogP contribution in [0.1, 0.15) is 20.3 Å². The van der Waals surface area contributed by atoms with Gasteiger partial charge in [0.1, 0.15) is 0 Å². The third-order valence-electron chi connectivity index (χ3n) is 1.85. The highest BCUT2D eigenvalue weighted by Gasteiger charge is 2.23. The van der Waals surface area contributed by atoms with Crippen molar-refractivity contribution >= 4 is 0 Å². The molecule has 0 aromatic carbocycles. The Kier molecular flexibility index (Phi) is 3.49. The Balaban J connectivity index is 3.15. The summed E-state index contributed by atoms with van der Waals surface area (Å²) in [7, 11) is 0. The topological polar surface area (TPSA) is 22.1 Å². The third kappa shape index (κ3) is 2.37. The Morgan fingerprint density at radius 2 is 1.60 bits per heavy atom. The Morgan fingerprint density at radius 3 is 2.00 bits per heavy atom. The molecule has 0 fully saturated rings. The van der Waals surface area contributed by atoms with Crippen molar-refractivity contribution in [1.82, 2.24) is 4.98 Å². The zero-order chi connectivity index (χ0) is 11.6. The van der Waals surface area contributed by atoms with Crippen molar-refractivity contribution in [2.75, 3.05) is 0 Å². The lowest BCUT2D eigenvalue weighted by Crippen LogP contribution is -2.14. The van der Waals surface area contributed by atoms with Crippen LogP contribution in [-0.2, 0) is 0 Å². The number of ether oxygens (including phenoxy) is 1. The second-order valence-corrected chi connectivity index (χ2v) is 2.99. The van der Waals surface area contributed by atoms with E-state index in [1.54, 1.807) is 6.92 Å². The highest BCUT2D eigenvalue weighted by Crippen LogP contribution is 2.25. The molecule has 0 aliphatic heterocycles. The average Bonchev–Trinajstić information content (AvgIpc) is 2.21. The zero-order valence-electron chi connectivity index (χ0n) is 8.15. The van der Waals surface area contributed by atoms with E-state index < -0.39 is 35.4 Å². The van der Waals surface area contributed by atoms with Crippen LogP contribution in [0.2, 0.25) is 0 Å². The molecule has 0 radical (unpaired) electrons. The van der Waals surface area contributed by atoms with Crippen molar-refractivity contribution in [1.29, 1.82) is 0 Å². The molecule has 2 nitrogen and oxygen atoms in total.